The lowest BCUT2D eigenvalue weighted by Crippen LogP contribution is -2.48. The Kier molecular flexibility index (Phi) is 4.76. The van der Waals surface area contributed by atoms with Crippen LogP contribution in [0.25, 0.3) is 0 Å². The normalized spacial score (nSPS) is 19.6. The summed E-state index contributed by atoms with van der Waals surface area (Å²) in [7, 11) is -0.102. The van der Waals surface area contributed by atoms with Gasteiger partial charge in [0.2, 0.25) is 15.9 Å². The minimum Gasteiger partial charge on any atom is -0.457 e. The molecule has 0 aliphatic carbocycles. The molecule has 28 heavy (non-hydrogen) atoms. The van der Waals surface area contributed by atoms with Crippen LogP contribution in [0, 0.1) is 0 Å². The topological polar surface area (TPSA) is 78.9 Å². The molecule has 1 amide bonds. The van der Waals surface area contributed by atoms with E-state index in [2.05, 4.69) is 9.62 Å². The van der Waals surface area contributed by atoms with Crippen LogP contribution in [0.2, 0.25) is 0 Å². The van der Waals surface area contributed by atoms with Crippen LogP contribution in [0.15, 0.2) is 47.4 Å². The van der Waals surface area contributed by atoms with Crippen molar-refractivity contribution in [3.63, 3.8) is 0 Å². The molecule has 7 nitrogen and oxygen atoms in total. The van der Waals surface area contributed by atoms with Gasteiger partial charge in [0, 0.05) is 26.7 Å². The fourth-order valence-electron chi connectivity index (χ4n) is 3.57. The summed E-state index contributed by atoms with van der Waals surface area (Å²) in [5, 5.41) is 0. The van der Waals surface area contributed by atoms with E-state index in [0.29, 0.717) is 17.9 Å². The van der Waals surface area contributed by atoms with Crippen molar-refractivity contribution in [1.82, 2.24) is 9.62 Å². The van der Waals surface area contributed by atoms with E-state index in [4.69, 9.17) is 4.74 Å². The first kappa shape index (κ1) is 18.8. The highest BCUT2D eigenvalue weighted by Crippen LogP contribution is 2.38. The number of hydrogen-bond donors (Lipinski definition) is 1. The number of ether oxygens (including phenoxy) is 1. The highest BCUT2D eigenvalue weighted by Gasteiger charge is 2.37. The lowest BCUT2D eigenvalue weighted by molar-refractivity contribution is -0.127. The highest BCUT2D eigenvalue weighted by molar-refractivity contribution is 7.89. The molecule has 0 radical (unpaired) electrons. The molecule has 0 spiro atoms. The van der Waals surface area contributed by atoms with Crippen molar-refractivity contribution in [2.45, 2.75) is 30.3 Å². The molecule has 2 aliphatic heterocycles. The summed E-state index contributed by atoms with van der Waals surface area (Å²) >= 11 is 0. The van der Waals surface area contributed by atoms with Gasteiger partial charge in [-0.15, -0.1) is 0 Å². The third-order valence-corrected chi connectivity index (χ3v) is 6.58. The molecule has 1 atom stereocenters. The SMILES string of the molecule is CN(C)C(=O)Cc1ccc(Oc2ccc3c(c2)S(=O)(=O)NC2CCCN32)cc1. The second-order valence-electron chi connectivity index (χ2n) is 7.31. The second-order valence-corrected chi connectivity index (χ2v) is 9.00. The van der Waals surface area contributed by atoms with Crippen molar-refractivity contribution in [2.75, 3.05) is 25.5 Å². The highest BCUT2D eigenvalue weighted by atomic mass is 32.2. The van der Waals surface area contributed by atoms with Gasteiger partial charge in [-0.1, -0.05) is 12.1 Å². The van der Waals surface area contributed by atoms with Crippen LogP contribution in [0.1, 0.15) is 18.4 Å². The zero-order valence-corrected chi connectivity index (χ0v) is 16.7. The number of nitrogens with one attached hydrogen (secondary N) is 1. The van der Waals surface area contributed by atoms with E-state index in [9.17, 15) is 13.2 Å². The van der Waals surface area contributed by atoms with Gasteiger partial charge >= 0.3 is 0 Å². The van der Waals surface area contributed by atoms with E-state index in [1.54, 1.807) is 43.3 Å². The van der Waals surface area contributed by atoms with Crippen molar-refractivity contribution in [1.29, 1.82) is 0 Å². The molecule has 2 aliphatic rings. The van der Waals surface area contributed by atoms with Gasteiger partial charge < -0.3 is 14.5 Å². The fraction of sp³-hybridized carbons (Fsp3) is 0.350. The summed E-state index contributed by atoms with van der Waals surface area (Å²) < 4.78 is 33.8. The summed E-state index contributed by atoms with van der Waals surface area (Å²) in [5.41, 5.74) is 1.62. The Morgan fingerprint density at radius 1 is 1.18 bits per heavy atom. The molecule has 1 unspecified atom stereocenters. The molecule has 0 bridgehead atoms. The predicted molar refractivity (Wildman–Crippen MR) is 106 cm³/mol. The van der Waals surface area contributed by atoms with Gasteiger partial charge in [-0.05, 0) is 42.7 Å². The first-order valence-electron chi connectivity index (χ1n) is 9.23. The smallest absolute Gasteiger partial charge is 0.244 e. The van der Waals surface area contributed by atoms with Crippen LogP contribution in [0.5, 0.6) is 11.5 Å². The number of rotatable bonds is 4. The number of carbonyl (C=O) groups excluding carboxylic acids is 1. The number of amides is 1. The van der Waals surface area contributed by atoms with Gasteiger partial charge in [-0.25, -0.2) is 8.42 Å². The first-order chi connectivity index (χ1) is 13.3. The Balaban J connectivity index is 1.54. The Bertz CT molecular complexity index is 1000. The standard InChI is InChI=1S/C20H23N3O4S/c1-22(2)20(24)12-14-5-7-15(8-6-14)27-16-9-10-17-18(13-16)28(25,26)21-19-4-3-11-23(17)19/h5-10,13,19,21H,3-4,11-12H2,1-2H3. The zero-order chi connectivity index (χ0) is 19.9. The van der Waals surface area contributed by atoms with Crippen LogP contribution in [-0.4, -0.2) is 46.0 Å². The van der Waals surface area contributed by atoms with Crippen LogP contribution >= 0.6 is 0 Å². The molecule has 148 valence electrons. The molecule has 1 N–H and O–H groups in total. The van der Waals surface area contributed by atoms with Gasteiger partial charge in [0.25, 0.3) is 0 Å². The number of likely N-dealkylation sites (N-methyl/N-ethyl adjacent to an activating group) is 1. The first-order valence-corrected chi connectivity index (χ1v) is 10.7. The van der Waals surface area contributed by atoms with Crippen molar-refractivity contribution >= 4 is 21.6 Å². The van der Waals surface area contributed by atoms with Crippen LogP contribution in [-0.2, 0) is 21.2 Å². The molecule has 4 rings (SSSR count). The molecule has 1 saturated heterocycles. The third kappa shape index (κ3) is 3.57. The molecule has 2 aromatic carbocycles. The maximum Gasteiger partial charge on any atom is 0.244 e. The summed E-state index contributed by atoms with van der Waals surface area (Å²) in [6, 6.07) is 12.4. The third-order valence-electron chi connectivity index (χ3n) is 5.09. The predicted octanol–water partition coefficient (Wildman–Crippen LogP) is 2.33. The molecule has 1 fully saturated rings. The Morgan fingerprint density at radius 3 is 2.61 bits per heavy atom. The lowest BCUT2D eigenvalue weighted by atomic mass is 10.1. The summed E-state index contributed by atoms with van der Waals surface area (Å²) in [6.45, 7) is 0.841. The number of nitrogens with zero attached hydrogens (tertiary/aromatic N) is 2. The maximum absolute atomic E-state index is 12.6. The van der Waals surface area contributed by atoms with Crippen LogP contribution < -0.4 is 14.4 Å². The number of sulfonamides is 1. The van der Waals surface area contributed by atoms with Crippen LogP contribution in [0.4, 0.5) is 5.69 Å². The monoisotopic (exact) mass is 401 g/mol. The molecule has 0 aromatic heterocycles. The Hall–Kier alpha value is -2.58. The molecule has 2 aromatic rings. The van der Waals surface area contributed by atoms with E-state index in [1.165, 1.54) is 0 Å². The number of anilines is 1. The zero-order valence-electron chi connectivity index (χ0n) is 15.9. The molecule has 0 saturated carbocycles. The Morgan fingerprint density at radius 2 is 1.89 bits per heavy atom. The Labute approximate surface area is 165 Å². The van der Waals surface area contributed by atoms with Gasteiger partial charge in [0.05, 0.1) is 18.3 Å². The van der Waals surface area contributed by atoms with Gasteiger partial charge in [0.15, 0.2) is 0 Å². The van der Waals surface area contributed by atoms with E-state index < -0.39 is 10.0 Å². The number of carbonyl (C=O) groups is 1. The average molecular weight is 401 g/mol. The van der Waals surface area contributed by atoms with E-state index in [1.807, 2.05) is 18.2 Å². The van der Waals surface area contributed by atoms with Crippen molar-refractivity contribution in [3.8, 4) is 11.5 Å². The van der Waals surface area contributed by atoms with E-state index in [0.717, 1.165) is 30.6 Å². The van der Waals surface area contributed by atoms with Crippen molar-refractivity contribution in [3.05, 3.63) is 48.0 Å². The van der Waals surface area contributed by atoms with Gasteiger partial charge in [0.1, 0.15) is 16.4 Å². The van der Waals surface area contributed by atoms with Crippen molar-refractivity contribution < 1.29 is 17.9 Å². The summed E-state index contributed by atoms with van der Waals surface area (Å²) in [4.78, 5) is 15.7. The molecular weight excluding hydrogens is 378 g/mol. The minimum absolute atomic E-state index is 0.0290. The summed E-state index contributed by atoms with van der Waals surface area (Å²) in [6.07, 6.45) is 1.96. The van der Waals surface area contributed by atoms with E-state index in [-0.39, 0.29) is 17.0 Å². The maximum atomic E-state index is 12.6. The molecular formula is C20H23N3O4S. The van der Waals surface area contributed by atoms with Crippen molar-refractivity contribution in [2.24, 2.45) is 0 Å². The van der Waals surface area contributed by atoms with Gasteiger partial charge in [-0.3, -0.25) is 4.79 Å². The van der Waals surface area contributed by atoms with E-state index >= 15 is 0 Å². The fourth-order valence-corrected chi connectivity index (χ4v) is 5.04. The van der Waals surface area contributed by atoms with Gasteiger partial charge in [-0.2, -0.15) is 4.72 Å². The lowest BCUT2D eigenvalue weighted by Gasteiger charge is -2.33. The number of fused-ring (bicyclic) bond motifs is 3. The second kappa shape index (κ2) is 7.10. The quantitative estimate of drug-likeness (QED) is 0.851. The number of hydrogen-bond acceptors (Lipinski definition) is 5. The summed E-state index contributed by atoms with van der Waals surface area (Å²) in [5.74, 6) is 1.07. The largest absolute Gasteiger partial charge is 0.457 e. The average Bonchev–Trinajstić information content (AvgIpc) is 3.11. The minimum atomic E-state index is -3.55. The van der Waals surface area contributed by atoms with Crippen LogP contribution in [0.3, 0.4) is 0 Å². The number of benzene rings is 2. The molecule has 8 heteroatoms. The molecule has 2 heterocycles.